The zero-order valence-corrected chi connectivity index (χ0v) is 15.4. The molecule has 1 aromatic rings. The number of benzene rings is 1. The molecule has 1 heterocycles. The molecule has 1 atom stereocenters. The molecule has 1 unspecified atom stereocenters. The number of methoxy groups -OCH3 is 1. The third kappa shape index (κ3) is 4.40. The first-order chi connectivity index (χ1) is 11.4. The van der Waals surface area contributed by atoms with Gasteiger partial charge < -0.3 is 9.47 Å². The van der Waals surface area contributed by atoms with E-state index in [1.807, 2.05) is 0 Å². The van der Waals surface area contributed by atoms with Crippen LogP contribution < -0.4 is 4.74 Å². The van der Waals surface area contributed by atoms with Crippen molar-refractivity contribution in [1.82, 2.24) is 4.31 Å². The molecule has 0 aromatic heterocycles. The quantitative estimate of drug-likeness (QED) is 0.685. The second kappa shape index (κ2) is 8.18. The van der Waals surface area contributed by atoms with Crippen LogP contribution in [0.2, 0.25) is 5.02 Å². The molecule has 2 rings (SSSR count). The van der Waals surface area contributed by atoms with E-state index in [1.54, 1.807) is 25.1 Å². The molecule has 0 radical (unpaired) electrons. The van der Waals surface area contributed by atoms with Gasteiger partial charge >= 0.3 is 5.97 Å². The topological polar surface area (TPSA) is 72.9 Å². The van der Waals surface area contributed by atoms with E-state index in [2.05, 4.69) is 0 Å². The lowest BCUT2D eigenvalue weighted by atomic mass is 10.2. The lowest BCUT2D eigenvalue weighted by molar-refractivity contribution is -0.148. The van der Waals surface area contributed by atoms with Crippen molar-refractivity contribution in [1.29, 1.82) is 0 Å². The van der Waals surface area contributed by atoms with E-state index in [4.69, 9.17) is 21.1 Å². The second-order valence-electron chi connectivity index (χ2n) is 5.65. The molecule has 1 saturated heterocycles. The van der Waals surface area contributed by atoms with Gasteiger partial charge in [-0.05, 0) is 37.5 Å². The summed E-state index contributed by atoms with van der Waals surface area (Å²) >= 11 is 5.95. The van der Waals surface area contributed by atoms with Crippen LogP contribution in [-0.4, -0.2) is 44.1 Å². The van der Waals surface area contributed by atoms with Crippen molar-refractivity contribution >= 4 is 27.6 Å². The van der Waals surface area contributed by atoms with Gasteiger partial charge in [0, 0.05) is 17.1 Å². The second-order valence-corrected chi connectivity index (χ2v) is 8.13. The van der Waals surface area contributed by atoms with Gasteiger partial charge in [-0.25, -0.2) is 8.42 Å². The third-order valence-corrected chi connectivity index (χ3v) is 6.22. The summed E-state index contributed by atoms with van der Waals surface area (Å²) in [6.45, 7) is 2.15. The molecule has 1 fully saturated rings. The molecule has 134 valence electrons. The third-order valence-electron chi connectivity index (χ3n) is 3.91. The zero-order valence-electron chi connectivity index (χ0n) is 13.8. The van der Waals surface area contributed by atoms with Crippen LogP contribution in [0.25, 0.3) is 0 Å². The molecule has 0 N–H and O–H groups in total. The Morgan fingerprint density at radius 1 is 1.42 bits per heavy atom. The van der Waals surface area contributed by atoms with Crippen molar-refractivity contribution < 1.29 is 22.7 Å². The van der Waals surface area contributed by atoms with Crippen LogP contribution in [0.3, 0.4) is 0 Å². The minimum atomic E-state index is -3.42. The maximum Gasteiger partial charge on any atom is 0.324 e. The Balaban J connectivity index is 2.06. The zero-order chi connectivity index (χ0) is 17.7. The van der Waals surface area contributed by atoms with Gasteiger partial charge in [-0.3, -0.25) is 4.79 Å². The van der Waals surface area contributed by atoms with E-state index in [0.29, 0.717) is 42.1 Å². The Labute approximate surface area is 147 Å². The summed E-state index contributed by atoms with van der Waals surface area (Å²) in [5.74, 6) is 0.0714. The molecule has 1 aromatic carbocycles. The SMILES string of the molecule is CCCS(=O)(=O)N1CCCC1C(=O)OCc1cc(Cl)ccc1OC. The Bertz CT molecular complexity index is 692. The first-order valence-corrected chi connectivity index (χ1v) is 9.86. The highest BCUT2D eigenvalue weighted by Crippen LogP contribution is 2.26. The van der Waals surface area contributed by atoms with Gasteiger partial charge in [-0.2, -0.15) is 4.31 Å². The average Bonchev–Trinajstić information content (AvgIpc) is 3.03. The van der Waals surface area contributed by atoms with E-state index in [9.17, 15) is 13.2 Å². The Morgan fingerprint density at radius 2 is 2.17 bits per heavy atom. The number of ether oxygens (including phenoxy) is 2. The molecule has 0 amide bonds. The van der Waals surface area contributed by atoms with Crippen LogP contribution in [0.4, 0.5) is 0 Å². The lowest BCUT2D eigenvalue weighted by Gasteiger charge is -2.22. The molecule has 24 heavy (non-hydrogen) atoms. The van der Waals surface area contributed by atoms with E-state index in [0.717, 1.165) is 0 Å². The molecule has 0 spiro atoms. The number of hydrogen-bond donors (Lipinski definition) is 0. The highest BCUT2D eigenvalue weighted by molar-refractivity contribution is 7.89. The molecular formula is C16H22ClNO5S. The fourth-order valence-corrected chi connectivity index (χ4v) is 4.72. The number of sulfonamides is 1. The van der Waals surface area contributed by atoms with Gasteiger partial charge in [0.25, 0.3) is 0 Å². The molecule has 8 heteroatoms. The van der Waals surface area contributed by atoms with Crippen LogP contribution in [0.1, 0.15) is 31.7 Å². The number of hydrogen-bond acceptors (Lipinski definition) is 5. The minimum absolute atomic E-state index is 0.0132. The summed E-state index contributed by atoms with van der Waals surface area (Å²) in [4.78, 5) is 12.4. The van der Waals surface area contributed by atoms with Crippen LogP contribution >= 0.6 is 11.6 Å². The summed E-state index contributed by atoms with van der Waals surface area (Å²) in [7, 11) is -1.90. The van der Waals surface area contributed by atoms with Gasteiger partial charge in [0.2, 0.25) is 10.0 Å². The average molecular weight is 376 g/mol. The summed E-state index contributed by atoms with van der Waals surface area (Å²) < 4.78 is 36.3. The van der Waals surface area contributed by atoms with Crippen LogP contribution in [0, 0.1) is 0 Å². The van der Waals surface area contributed by atoms with Crippen molar-refractivity contribution in [3.8, 4) is 5.75 Å². The van der Waals surface area contributed by atoms with Crippen LogP contribution in [0.5, 0.6) is 5.75 Å². The maximum atomic E-state index is 12.4. The smallest absolute Gasteiger partial charge is 0.324 e. The Morgan fingerprint density at radius 3 is 2.83 bits per heavy atom. The number of carbonyl (C=O) groups excluding carboxylic acids is 1. The van der Waals surface area contributed by atoms with Crippen molar-refractivity contribution in [2.45, 2.75) is 38.8 Å². The van der Waals surface area contributed by atoms with Crippen molar-refractivity contribution in [2.24, 2.45) is 0 Å². The lowest BCUT2D eigenvalue weighted by Crippen LogP contribution is -2.42. The first-order valence-electron chi connectivity index (χ1n) is 7.87. The van der Waals surface area contributed by atoms with Crippen LogP contribution in [-0.2, 0) is 26.2 Å². The van der Waals surface area contributed by atoms with Crippen molar-refractivity contribution in [2.75, 3.05) is 19.4 Å². The molecule has 1 aliphatic rings. The number of esters is 1. The molecule has 0 bridgehead atoms. The molecular weight excluding hydrogens is 354 g/mol. The van der Waals surface area contributed by atoms with Crippen molar-refractivity contribution in [3.63, 3.8) is 0 Å². The van der Waals surface area contributed by atoms with Gasteiger partial charge in [0.05, 0.1) is 12.9 Å². The highest BCUT2D eigenvalue weighted by atomic mass is 35.5. The van der Waals surface area contributed by atoms with E-state index in [1.165, 1.54) is 11.4 Å². The molecule has 1 aliphatic heterocycles. The maximum absolute atomic E-state index is 12.4. The Kier molecular flexibility index (Phi) is 6.48. The summed E-state index contributed by atoms with van der Waals surface area (Å²) in [5.41, 5.74) is 0.638. The van der Waals surface area contributed by atoms with E-state index < -0.39 is 22.0 Å². The predicted molar refractivity (Wildman–Crippen MR) is 91.6 cm³/mol. The molecule has 6 nitrogen and oxygen atoms in total. The number of nitrogens with zero attached hydrogens (tertiary/aromatic N) is 1. The number of carbonyl (C=O) groups is 1. The van der Waals surface area contributed by atoms with Crippen LogP contribution in [0.15, 0.2) is 18.2 Å². The largest absolute Gasteiger partial charge is 0.496 e. The first kappa shape index (κ1) is 19.0. The fraction of sp³-hybridized carbons (Fsp3) is 0.562. The van der Waals surface area contributed by atoms with Gasteiger partial charge in [0.1, 0.15) is 18.4 Å². The monoisotopic (exact) mass is 375 g/mol. The normalized spacial score (nSPS) is 18.5. The Hall–Kier alpha value is -1.31. The summed E-state index contributed by atoms with van der Waals surface area (Å²) in [5, 5.41) is 0.509. The summed E-state index contributed by atoms with van der Waals surface area (Å²) in [6.07, 6.45) is 1.65. The van der Waals surface area contributed by atoms with E-state index in [-0.39, 0.29) is 12.4 Å². The predicted octanol–water partition coefficient (Wildman–Crippen LogP) is 2.60. The minimum Gasteiger partial charge on any atom is -0.496 e. The van der Waals surface area contributed by atoms with Crippen molar-refractivity contribution in [3.05, 3.63) is 28.8 Å². The fourth-order valence-electron chi connectivity index (χ4n) is 2.79. The standard InChI is InChI=1S/C16H22ClNO5S/c1-3-9-24(20,21)18-8-4-5-14(18)16(19)23-11-12-10-13(17)6-7-15(12)22-2/h6-7,10,14H,3-5,8-9,11H2,1-2H3. The van der Waals surface area contributed by atoms with Gasteiger partial charge in [0.15, 0.2) is 0 Å². The van der Waals surface area contributed by atoms with E-state index >= 15 is 0 Å². The van der Waals surface area contributed by atoms with Gasteiger partial charge in [-0.15, -0.1) is 0 Å². The number of rotatable bonds is 7. The molecule has 0 aliphatic carbocycles. The van der Waals surface area contributed by atoms with Gasteiger partial charge in [-0.1, -0.05) is 18.5 Å². The molecule has 0 saturated carbocycles. The summed E-state index contributed by atoms with van der Waals surface area (Å²) in [6, 6.07) is 4.29. The number of halogens is 1. The highest BCUT2D eigenvalue weighted by Gasteiger charge is 2.39.